The molecule has 0 aromatic carbocycles. The first kappa shape index (κ1) is 15.8. The molecule has 0 fully saturated rings. The molecule has 2 rings (SSSR count). The van der Waals surface area contributed by atoms with E-state index in [1.165, 1.54) is 11.3 Å². The number of hydrogen-bond donors (Lipinski definition) is 1. The molecule has 4 nitrogen and oxygen atoms in total. The Hall–Kier alpha value is -1.62. The van der Waals surface area contributed by atoms with Crippen molar-refractivity contribution in [3.8, 4) is 11.3 Å². The lowest BCUT2D eigenvalue weighted by Gasteiger charge is -2.24. The van der Waals surface area contributed by atoms with Gasteiger partial charge in [-0.2, -0.15) is 0 Å². The fraction of sp³-hybridized carbons (Fsp3) is 0.500. The van der Waals surface area contributed by atoms with Crippen LogP contribution in [0.3, 0.4) is 0 Å². The van der Waals surface area contributed by atoms with Gasteiger partial charge in [-0.15, -0.1) is 11.3 Å². The maximum absolute atomic E-state index is 12.8. The van der Waals surface area contributed by atoms with Crippen LogP contribution < -0.4 is 10.9 Å². The Bertz CT molecular complexity index is 680. The van der Waals surface area contributed by atoms with Crippen LogP contribution >= 0.6 is 11.3 Å². The van der Waals surface area contributed by atoms with E-state index < -0.39 is 0 Å². The van der Waals surface area contributed by atoms with Gasteiger partial charge in [0.1, 0.15) is 0 Å². The van der Waals surface area contributed by atoms with Crippen LogP contribution in [0.4, 0.5) is 5.13 Å². The molecule has 0 bridgehead atoms. The summed E-state index contributed by atoms with van der Waals surface area (Å²) >= 11 is 1.51. The summed E-state index contributed by atoms with van der Waals surface area (Å²) in [5, 5.41) is 5.76. The second-order valence-corrected chi connectivity index (χ2v) is 6.99. The normalized spacial score (nSPS) is 11.7. The molecule has 21 heavy (non-hydrogen) atoms. The van der Waals surface area contributed by atoms with Crippen molar-refractivity contribution in [1.82, 2.24) is 9.55 Å². The SMILES string of the molecule is CCCn1c(C(C)(C)C)ccc(-c2csc(NC)n2)c1=O. The highest BCUT2D eigenvalue weighted by Gasteiger charge is 2.21. The summed E-state index contributed by atoms with van der Waals surface area (Å²) < 4.78 is 1.90. The van der Waals surface area contributed by atoms with Gasteiger partial charge in [-0.25, -0.2) is 4.98 Å². The maximum Gasteiger partial charge on any atom is 0.260 e. The van der Waals surface area contributed by atoms with Gasteiger partial charge in [0.15, 0.2) is 5.13 Å². The molecule has 2 aromatic rings. The van der Waals surface area contributed by atoms with Gasteiger partial charge < -0.3 is 9.88 Å². The Kier molecular flexibility index (Phi) is 4.52. The van der Waals surface area contributed by atoms with Crippen molar-refractivity contribution < 1.29 is 0 Å². The van der Waals surface area contributed by atoms with E-state index in [4.69, 9.17) is 0 Å². The summed E-state index contributed by atoms with van der Waals surface area (Å²) in [6.45, 7) is 9.23. The van der Waals surface area contributed by atoms with Crippen LogP contribution in [0.2, 0.25) is 0 Å². The van der Waals surface area contributed by atoms with Gasteiger partial charge in [-0.05, 0) is 18.6 Å². The van der Waals surface area contributed by atoms with Gasteiger partial charge >= 0.3 is 0 Å². The highest BCUT2D eigenvalue weighted by molar-refractivity contribution is 7.14. The number of thiazole rings is 1. The standard InChI is InChI=1S/C16H23N3OS/c1-6-9-19-13(16(2,3)4)8-7-11(14(19)20)12-10-21-15(17-5)18-12/h7-8,10H,6,9H2,1-5H3,(H,17,18). The number of nitrogens with zero attached hydrogens (tertiary/aromatic N) is 2. The molecule has 0 radical (unpaired) electrons. The second kappa shape index (κ2) is 6.02. The fourth-order valence-electron chi connectivity index (χ4n) is 2.39. The lowest BCUT2D eigenvalue weighted by atomic mass is 9.90. The van der Waals surface area contributed by atoms with Crippen molar-refractivity contribution >= 4 is 16.5 Å². The first-order chi connectivity index (χ1) is 9.88. The Morgan fingerprint density at radius 2 is 2.05 bits per heavy atom. The van der Waals surface area contributed by atoms with Gasteiger partial charge in [0.05, 0.1) is 11.3 Å². The number of anilines is 1. The van der Waals surface area contributed by atoms with E-state index in [1.54, 1.807) is 0 Å². The minimum Gasteiger partial charge on any atom is -0.365 e. The second-order valence-electron chi connectivity index (χ2n) is 6.13. The molecular weight excluding hydrogens is 282 g/mol. The van der Waals surface area contributed by atoms with Crippen molar-refractivity contribution in [3.05, 3.63) is 33.6 Å². The summed E-state index contributed by atoms with van der Waals surface area (Å²) in [6.07, 6.45) is 0.936. The molecule has 2 heterocycles. The average Bonchev–Trinajstić information content (AvgIpc) is 2.88. The first-order valence-electron chi connectivity index (χ1n) is 7.26. The van der Waals surface area contributed by atoms with E-state index in [1.807, 2.05) is 23.1 Å². The van der Waals surface area contributed by atoms with Crippen molar-refractivity contribution in [2.45, 2.75) is 46.1 Å². The van der Waals surface area contributed by atoms with E-state index in [-0.39, 0.29) is 11.0 Å². The summed E-state index contributed by atoms with van der Waals surface area (Å²) in [7, 11) is 1.83. The third-order valence-corrected chi connectivity index (χ3v) is 4.24. The first-order valence-corrected chi connectivity index (χ1v) is 8.14. The van der Waals surface area contributed by atoms with Crippen molar-refractivity contribution in [2.75, 3.05) is 12.4 Å². The number of nitrogens with one attached hydrogen (secondary N) is 1. The summed E-state index contributed by atoms with van der Waals surface area (Å²) in [6, 6.07) is 3.97. The Morgan fingerprint density at radius 3 is 2.57 bits per heavy atom. The fourth-order valence-corrected chi connectivity index (χ4v) is 3.06. The molecule has 0 aliphatic rings. The molecule has 0 saturated carbocycles. The molecular formula is C16H23N3OS. The zero-order valence-electron chi connectivity index (χ0n) is 13.4. The van der Waals surface area contributed by atoms with E-state index in [9.17, 15) is 4.79 Å². The zero-order chi connectivity index (χ0) is 15.6. The molecule has 114 valence electrons. The Morgan fingerprint density at radius 1 is 1.33 bits per heavy atom. The van der Waals surface area contributed by atoms with Crippen LogP contribution in [0, 0.1) is 0 Å². The minimum atomic E-state index is -0.0505. The topological polar surface area (TPSA) is 46.9 Å². The van der Waals surface area contributed by atoms with Crippen LogP contribution in [0.1, 0.15) is 39.8 Å². The van der Waals surface area contributed by atoms with Gasteiger partial charge in [0.25, 0.3) is 5.56 Å². The predicted molar refractivity (Wildman–Crippen MR) is 90.3 cm³/mol. The molecule has 0 aliphatic carbocycles. The Balaban J connectivity index is 2.60. The maximum atomic E-state index is 12.8. The minimum absolute atomic E-state index is 0.0505. The molecule has 0 saturated heterocycles. The van der Waals surface area contributed by atoms with Crippen molar-refractivity contribution in [2.24, 2.45) is 0 Å². The van der Waals surface area contributed by atoms with Crippen LogP contribution in [0.25, 0.3) is 11.3 Å². The molecule has 0 unspecified atom stereocenters. The van der Waals surface area contributed by atoms with Crippen molar-refractivity contribution in [3.63, 3.8) is 0 Å². The number of rotatable bonds is 4. The van der Waals surface area contributed by atoms with Crippen LogP contribution in [-0.2, 0) is 12.0 Å². The van der Waals surface area contributed by atoms with Gasteiger partial charge in [0, 0.05) is 30.1 Å². The molecule has 0 aliphatic heterocycles. The third-order valence-electron chi connectivity index (χ3n) is 3.38. The lowest BCUT2D eigenvalue weighted by Crippen LogP contribution is -2.30. The van der Waals surface area contributed by atoms with Crippen LogP contribution in [0.15, 0.2) is 22.3 Å². The Labute approximate surface area is 129 Å². The predicted octanol–water partition coefficient (Wildman–Crippen LogP) is 3.72. The largest absolute Gasteiger partial charge is 0.365 e. The van der Waals surface area contributed by atoms with Gasteiger partial charge in [0.2, 0.25) is 0 Å². The molecule has 0 amide bonds. The molecule has 0 spiro atoms. The summed E-state index contributed by atoms with van der Waals surface area (Å²) in [5.74, 6) is 0. The monoisotopic (exact) mass is 305 g/mol. The smallest absolute Gasteiger partial charge is 0.260 e. The number of hydrogen-bond acceptors (Lipinski definition) is 4. The molecule has 2 aromatic heterocycles. The van der Waals surface area contributed by atoms with E-state index in [0.29, 0.717) is 5.56 Å². The van der Waals surface area contributed by atoms with Crippen LogP contribution in [0.5, 0.6) is 0 Å². The number of aromatic nitrogens is 2. The zero-order valence-corrected chi connectivity index (χ0v) is 14.2. The van der Waals surface area contributed by atoms with E-state index in [2.05, 4.69) is 44.1 Å². The van der Waals surface area contributed by atoms with Gasteiger partial charge in [-0.3, -0.25) is 4.79 Å². The summed E-state index contributed by atoms with van der Waals surface area (Å²) in [5.41, 5.74) is 2.50. The highest BCUT2D eigenvalue weighted by atomic mass is 32.1. The van der Waals surface area contributed by atoms with E-state index >= 15 is 0 Å². The molecule has 5 heteroatoms. The van der Waals surface area contributed by atoms with E-state index in [0.717, 1.165) is 29.5 Å². The number of pyridine rings is 1. The highest BCUT2D eigenvalue weighted by Crippen LogP contribution is 2.26. The molecule has 0 atom stereocenters. The van der Waals surface area contributed by atoms with Gasteiger partial charge in [-0.1, -0.05) is 27.7 Å². The summed E-state index contributed by atoms with van der Waals surface area (Å²) in [4.78, 5) is 17.3. The van der Waals surface area contributed by atoms with Crippen LogP contribution in [-0.4, -0.2) is 16.6 Å². The third kappa shape index (κ3) is 3.18. The average molecular weight is 305 g/mol. The van der Waals surface area contributed by atoms with Crippen molar-refractivity contribution in [1.29, 1.82) is 0 Å². The lowest BCUT2D eigenvalue weighted by molar-refractivity contribution is 0.498. The quantitative estimate of drug-likeness (QED) is 0.936. The molecule has 1 N–H and O–H groups in total.